The normalized spacial score (nSPS) is 11.5. The van der Waals surface area contributed by atoms with Gasteiger partial charge in [0.2, 0.25) is 5.91 Å². The summed E-state index contributed by atoms with van der Waals surface area (Å²) in [4.78, 5) is 41.8. The maximum absolute atomic E-state index is 12.7. The van der Waals surface area contributed by atoms with Crippen molar-refractivity contribution in [2.45, 2.75) is 11.8 Å². The monoisotopic (exact) mass is 349 g/mol. The van der Waals surface area contributed by atoms with Crippen LogP contribution in [0.2, 0.25) is 0 Å². The Balaban J connectivity index is 2.13. The summed E-state index contributed by atoms with van der Waals surface area (Å²) in [5, 5.41) is 2.52. The fourth-order valence-corrected chi connectivity index (χ4v) is 3.38. The zero-order valence-corrected chi connectivity index (χ0v) is 13.0. The van der Waals surface area contributed by atoms with Gasteiger partial charge in [0.25, 0.3) is 15.6 Å². The van der Waals surface area contributed by atoms with Crippen LogP contribution in [0.3, 0.4) is 0 Å². The van der Waals surface area contributed by atoms with E-state index >= 15 is 0 Å². The van der Waals surface area contributed by atoms with Crippen molar-refractivity contribution in [1.82, 2.24) is 18.9 Å². The number of nitrogens with zero attached hydrogens (tertiary/aromatic N) is 2. The van der Waals surface area contributed by atoms with Gasteiger partial charge in [0.1, 0.15) is 6.33 Å². The van der Waals surface area contributed by atoms with E-state index in [9.17, 15) is 22.8 Å². The molecule has 2 aromatic heterocycles. The molecule has 3 aromatic rings. The summed E-state index contributed by atoms with van der Waals surface area (Å²) in [7, 11) is -4.08. The topological polar surface area (TPSA) is 147 Å². The van der Waals surface area contributed by atoms with Crippen LogP contribution in [0.1, 0.15) is 6.92 Å². The van der Waals surface area contributed by atoms with Gasteiger partial charge in [-0.2, -0.15) is 0 Å². The molecular weight excluding hydrogens is 338 g/mol. The summed E-state index contributed by atoms with van der Waals surface area (Å²) in [6.07, 6.45) is 0.937. The van der Waals surface area contributed by atoms with Crippen LogP contribution in [0, 0.1) is 0 Å². The van der Waals surface area contributed by atoms with Gasteiger partial charge in [0.05, 0.1) is 4.90 Å². The van der Waals surface area contributed by atoms with Crippen LogP contribution < -0.4 is 16.6 Å². The van der Waals surface area contributed by atoms with Crippen LogP contribution in [-0.2, 0) is 14.8 Å². The number of H-pyrrole nitrogens is 2. The van der Waals surface area contributed by atoms with Gasteiger partial charge in [-0.25, -0.2) is 22.2 Å². The van der Waals surface area contributed by atoms with E-state index < -0.39 is 21.3 Å². The summed E-state index contributed by atoms with van der Waals surface area (Å²) >= 11 is 0. The van der Waals surface area contributed by atoms with E-state index in [2.05, 4.69) is 15.3 Å². The van der Waals surface area contributed by atoms with E-state index in [1.165, 1.54) is 31.2 Å². The molecule has 0 atom stereocenters. The van der Waals surface area contributed by atoms with Gasteiger partial charge in [-0.05, 0) is 24.3 Å². The minimum atomic E-state index is -4.08. The predicted octanol–water partition coefficient (Wildman–Crippen LogP) is -0.392. The lowest BCUT2D eigenvalue weighted by Crippen LogP contribution is -2.23. The highest BCUT2D eigenvalue weighted by Gasteiger charge is 2.21. The van der Waals surface area contributed by atoms with Crippen molar-refractivity contribution < 1.29 is 13.2 Å². The summed E-state index contributed by atoms with van der Waals surface area (Å²) < 4.78 is 26.0. The maximum atomic E-state index is 12.7. The Morgan fingerprint density at radius 1 is 1.17 bits per heavy atom. The molecule has 0 aliphatic rings. The van der Waals surface area contributed by atoms with Crippen molar-refractivity contribution in [2.75, 3.05) is 5.32 Å². The molecular formula is C13H11N5O5S. The molecule has 1 amide bonds. The number of rotatable bonds is 3. The van der Waals surface area contributed by atoms with Gasteiger partial charge < -0.3 is 5.32 Å². The Labute approximate surface area is 134 Å². The zero-order chi connectivity index (χ0) is 17.5. The summed E-state index contributed by atoms with van der Waals surface area (Å²) in [6.45, 7) is 1.33. The van der Waals surface area contributed by atoms with Crippen LogP contribution in [0.25, 0.3) is 11.2 Å². The minimum absolute atomic E-state index is 0.1000. The fraction of sp³-hybridized carbons (Fsp3) is 0.0769. The molecule has 0 spiro atoms. The Kier molecular flexibility index (Phi) is 3.56. The number of carbonyl (C=O) groups is 1. The third-order valence-electron chi connectivity index (χ3n) is 3.14. The third-order valence-corrected chi connectivity index (χ3v) is 4.80. The minimum Gasteiger partial charge on any atom is -0.326 e. The van der Waals surface area contributed by atoms with Gasteiger partial charge in [-0.1, -0.05) is 0 Å². The first kappa shape index (κ1) is 15.7. The molecule has 11 heteroatoms. The van der Waals surface area contributed by atoms with E-state index in [-0.39, 0.29) is 22.0 Å². The first-order valence-electron chi connectivity index (χ1n) is 6.62. The quantitative estimate of drug-likeness (QED) is 0.587. The number of nitrogens with one attached hydrogen (secondary N) is 3. The van der Waals surface area contributed by atoms with Crippen molar-refractivity contribution in [3.63, 3.8) is 0 Å². The average Bonchev–Trinajstić information content (AvgIpc) is 2.92. The predicted molar refractivity (Wildman–Crippen MR) is 84.3 cm³/mol. The fourth-order valence-electron chi connectivity index (χ4n) is 2.12. The molecule has 0 radical (unpaired) electrons. The SMILES string of the molecule is CC(=O)Nc1ccc(S(=O)(=O)n2cnc3c(=O)[nH]c(=O)[nH]c32)cc1. The van der Waals surface area contributed by atoms with Crippen LogP contribution in [-0.4, -0.2) is 33.2 Å². The van der Waals surface area contributed by atoms with Crippen LogP contribution in [0.15, 0.2) is 45.1 Å². The number of aromatic amines is 2. The number of benzene rings is 1. The second kappa shape index (κ2) is 5.45. The molecule has 0 bridgehead atoms. The molecule has 10 nitrogen and oxygen atoms in total. The molecule has 124 valence electrons. The van der Waals surface area contributed by atoms with Gasteiger partial charge in [0, 0.05) is 12.6 Å². The van der Waals surface area contributed by atoms with Crippen LogP contribution >= 0.6 is 0 Å². The second-order valence-corrected chi connectivity index (χ2v) is 6.67. The molecule has 0 unspecified atom stereocenters. The highest BCUT2D eigenvalue weighted by atomic mass is 32.2. The summed E-state index contributed by atoms with van der Waals surface area (Å²) in [5.41, 5.74) is -1.63. The van der Waals surface area contributed by atoms with Crippen molar-refractivity contribution >= 4 is 32.8 Å². The van der Waals surface area contributed by atoms with E-state index in [4.69, 9.17) is 0 Å². The number of fused-ring (bicyclic) bond motifs is 1. The van der Waals surface area contributed by atoms with Crippen molar-refractivity contribution in [3.8, 4) is 0 Å². The van der Waals surface area contributed by atoms with E-state index in [0.717, 1.165) is 6.33 Å². The largest absolute Gasteiger partial charge is 0.327 e. The lowest BCUT2D eigenvalue weighted by Gasteiger charge is -2.07. The molecule has 0 aliphatic heterocycles. The number of anilines is 1. The maximum Gasteiger partial charge on any atom is 0.327 e. The van der Waals surface area contributed by atoms with Gasteiger partial charge in [-0.15, -0.1) is 0 Å². The number of imidazole rings is 1. The molecule has 0 fully saturated rings. The first-order valence-corrected chi connectivity index (χ1v) is 8.06. The first-order chi connectivity index (χ1) is 11.3. The van der Waals surface area contributed by atoms with Gasteiger partial charge in [0.15, 0.2) is 11.2 Å². The number of hydrogen-bond acceptors (Lipinski definition) is 6. The smallest absolute Gasteiger partial charge is 0.326 e. The van der Waals surface area contributed by atoms with E-state index in [1.54, 1.807) is 0 Å². The summed E-state index contributed by atoms with van der Waals surface area (Å²) in [6, 6.07) is 5.42. The third kappa shape index (κ3) is 2.60. The molecule has 0 aliphatic carbocycles. The molecule has 24 heavy (non-hydrogen) atoms. The van der Waals surface area contributed by atoms with Gasteiger partial charge in [-0.3, -0.25) is 19.6 Å². The second-order valence-electron chi connectivity index (χ2n) is 4.86. The van der Waals surface area contributed by atoms with Crippen LogP contribution in [0.5, 0.6) is 0 Å². The standard InChI is InChI=1S/C13H11N5O5S/c1-7(19)15-8-2-4-9(5-3-8)24(22,23)18-6-14-10-11(18)16-13(21)17-12(10)20/h2-6H,1H3,(H,15,19)(H2,16,17,20,21). The lowest BCUT2D eigenvalue weighted by atomic mass is 10.3. The molecule has 1 aromatic carbocycles. The van der Waals surface area contributed by atoms with E-state index in [1.807, 2.05) is 4.98 Å². The molecule has 3 N–H and O–H groups in total. The van der Waals surface area contributed by atoms with Crippen molar-refractivity contribution in [1.29, 1.82) is 0 Å². The van der Waals surface area contributed by atoms with E-state index in [0.29, 0.717) is 9.66 Å². The number of hydrogen-bond donors (Lipinski definition) is 3. The molecule has 3 rings (SSSR count). The lowest BCUT2D eigenvalue weighted by molar-refractivity contribution is -0.114. The Hall–Kier alpha value is -3.21. The van der Waals surface area contributed by atoms with Crippen LogP contribution in [0.4, 0.5) is 5.69 Å². The average molecular weight is 349 g/mol. The highest BCUT2D eigenvalue weighted by molar-refractivity contribution is 7.90. The Morgan fingerprint density at radius 2 is 1.83 bits per heavy atom. The molecule has 0 saturated heterocycles. The van der Waals surface area contributed by atoms with Crippen molar-refractivity contribution in [2.24, 2.45) is 0 Å². The van der Waals surface area contributed by atoms with Crippen molar-refractivity contribution in [3.05, 3.63) is 51.4 Å². The zero-order valence-electron chi connectivity index (χ0n) is 12.2. The van der Waals surface area contributed by atoms with Gasteiger partial charge >= 0.3 is 5.69 Å². The number of aromatic nitrogens is 4. The number of amides is 1. The molecule has 0 saturated carbocycles. The highest BCUT2D eigenvalue weighted by Crippen LogP contribution is 2.19. The number of carbonyl (C=O) groups excluding carboxylic acids is 1. The summed E-state index contributed by atoms with van der Waals surface area (Å²) in [5.74, 6) is -0.289. The Morgan fingerprint density at radius 3 is 2.46 bits per heavy atom. The molecule has 2 heterocycles. The Bertz CT molecular complexity index is 1150.